The predicted molar refractivity (Wildman–Crippen MR) is 114 cm³/mol. The maximum atomic E-state index is 13.4. The Morgan fingerprint density at radius 3 is 2.55 bits per heavy atom. The number of quaternary nitrogens is 1. The molecule has 0 spiro atoms. The van der Waals surface area contributed by atoms with Gasteiger partial charge in [-0.05, 0) is 18.9 Å². The number of anilines is 1. The number of carbonyl (C=O) groups is 1. The van der Waals surface area contributed by atoms with E-state index in [1.165, 1.54) is 0 Å². The molecule has 0 saturated carbocycles. The summed E-state index contributed by atoms with van der Waals surface area (Å²) in [5.74, 6) is 2.02. The number of nitrogens with zero attached hydrogens (tertiary/aromatic N) is 4. The average Bonchev–Trinajstić information content (AvgIpc) is 2.74. The minimum atomic E-state index is -0.0835. The van der Waals surface area contributed by atoms with Crippen molar-refractivity contribution in [2.45, 2.75) is 39.2 Å². The maximum absolute atomic E-state index is 13.4. The molecule has 1 N–H and O–H groups in total. The molecule has 0 radical (unpaired) electrons. The fraction of sp³-hybridized carbons (Fsp3) is 0.522. The monoisotopic (exact) mass is 394 g/mol. The Morgan fingerprint density at radius 1 is 1.14 bits per heavy atom. The topological polar surface area (TPSA) is 53.8 Å². The molecule has 29 heavy (non-hydrogen) atoms. The summed E-state index contributed by atoms with van der Waals surface area (Å²) >= 11 is 0. The summed E-state index contributed by atoms with van der Waals surface area (Å²) < 4.78 is 0. The van der Waals surface area contributed by atoms with Crippen LogP contribution in [0.5, 0.6) is 0 Å². The Morgan fingerprint density at radius 2 is 1.86 bits per heavy atom. The van der Waals surface area contributed by atoms with E-state index in [0.29, 0.717) is 6.54 Å². The van der Waals surface area contributed by atoms with Gasteiger partial charge in [-0.3, -0.25) is 4.79 Å². The smallest absolute Gasteiger partial charge is 0.230 e. The number of aryl methyl sites for hydroxylation is 1. The number of likely N-dealkylation sites (N-methyl/N-ethyl adjacent to an activating group) is 1. The first-order valence-corrected chi connectivity index (χ1v) is 10.8. The molecule has 0 bridgehead atoms. The molecule has 2 aliphatic rings. The molecule has 3 heterocycles. The van der Waals surface area contributed by atoms with Gasteiger partial charge in [-0.15, -0.1) is 0 Å². The lowest BCUT2D eigenvalue weighted by Gasteiger charge is -2.36. The number of aromatic nitrogens is 2. The highest BCUT2D eigenvalue weighted by atomic mass is 16.2. The van der Waals surface area contributed by atoms with Crippen LogP contribution in [0.1, 0.15) is 41.9 Å². The van der Waals surface area contributed by atoms with Gasteiger partial charge in [0, 0.05) is 18.5 Å². The molecule has 6 nitrogen and oxygen atoms in total. The number of hydrogen-bond donors (Lipinski definition) is 1. The van der Waals surface area contributed by atoms with Crippen molar-refractivity contribution in [1.29, 1.82) is 0 Å². The van der Waals surface area contributed by atoms with E-state index in [9.17, 15) is 4.79 Å². The van der Waals surface area contributed by atoms with Gasteiger partial charge in [0.25, 0.3) is 0 Å². The second-order valence-electron chi connectivity index (χ2n) is 8.35. The third-order valence-electron chi connectivity index (χ3n) is 6.29. The SMILES string of the molecule is CC[C@@H](C(=O)N1CCc2nc(C)nc(N3CC[NH+](C)CC3)c2C1)c1ccccc1. The van der Waals surface area contributed by atoms with Crippen molar-refractivity contribution in [1.82, 2.24) is 14.9 Å². The second-order valence-corrected chi connectivity index (χ2v) is 8.35. The van der Waals surface area contributed by atoms with Gasteiger partial charge in [-0.2, -0.15) is 0 Å². The first kappa shape index (κ1) is 19.8. The van der Waals surface area contributed by atoms with Gasteiger partial charge in [-0.1, -0.05) is 37.3 Å². The molecular formula is C23H32N5O+. The normalized spacial score (nSPS) is 18.4. The van der Waals surface area contributed by atoms with E-state index in [-0.39, 0.29) is 11.8 Å². The van der Waals surface area contributed by atoms with Crippen molar-refractivity contribution in [3.63, 3.8) is 0 Å². The fourth-order valence-corrected chi connectivity index (χ4v) is 4.53. The summed E-state index contributed by atoms with van der Waals surface area (Å²) in [6.07, 6.45) is 1.62. The van der Waals surface area contributed by atoms with Crippen molar-refractivity contribution in [2.75, 3.05) is 44.7 Å². The first-order chi connectivity index (χ1) is 14.1. The molecule has 1 amide bonds. The van der Waals surface area contributed by atoms with Crippen LogP contribution in [0.2, 0.25) is 0 Å². The van der Waals surface area contributed by atoms with Crippen LogP contribution in [0.25, 0.3) is 0 Å². The molecular weight excluding hydrogens is 362 g/mol. The van der Waals surface area contributed by atoms with Gasteiger partial charge in [0.05, 0.1) is 51.4 Å². The molecule has 6 heteroatoms. The summed E-state index contributed by atoms with van der Waals surface area (Å²) in [4.78, 5) is 28.9. The minimum Gasteiger partial charge on any atom is -0.345 e. The Labute approximate surface area is 173 Å². The molecule has 1 aromatic carbocycles. The Kier molecular flexibility index (Phi) is 5.81. The van der Waals surface area contributed by atoms with E-state index >= 15 is 0 Å². The average molecular weight is 395 g/mol. The van der Waals surface area contributed by atoms with E-state index in [1.807, 2.05) is 30.0 Å². The van der Waals surface area contributed by atoms with Crippen molar-refractivity contribution >= 4 is 11.7 Å². The van der Waals surface area contributed by atoms with Crippen LogP contribution < -0.4 is 9.80 Å². The summed E-state index contributed by atoms with van der Waals surface area (Å²) in [6.45, 7) is 9.67. The Hall–Kier alpha value is -2.47. The summed E-state index contributed by atoms with van der Waals surface area (Å²) in [6, 6.07) is 10.2. The van der Waals surface area contributed by atoms with E-state index in [2.05, 4.69) is 31.0 Å². The van der Waals surface area contributed by atoms with Gasteiger partial charge >= 0.3 is 0 Å². The van der Waals surface area contributed by atoms with Crippen LogP contribution in [-0.4, -0.2) is 60.5 Å². The number of hydrogen-bond acceptors (Lipinski definition) is 4. The largest absolute Gasteiger partial charge is 0.345 e. The number of carbonyl (C=O) groups excluding carboxylic acids is 1. The van der Waals surface area contributed by atoms with Crippen LogP contribution >= 0.6 is 0 Å². The minimum absolute atomic E-state index is 0.0835. The zero-order chi connectivity index (χ0) is 20.4. The van der Waals surface area contributed by atoms with Crippen LogP contribution in [0.3, 0.4) is 0 Å². The zero-order valence-electron chi connectivity index (χ0n) is 17.8. The molecule has 1 atom stereocenters. The summed E-state index contributed by atoms with van der Waals surface area (Å²) in [7, 11) is 2.24. The number of fused-ring (bicyclic) bond motifs is 1. The third-order valence-corrected chi connectivity index (χ3v) is 6.29. The van der Waals surface area contributed by atoms with Crippen molar-refractivity contribution in [3.05, 3.63) is 53.0 Å². The molecule has 4 rings (SSSR count). The molecule has 0 aliphatic carbocycles. The van der Waals surface area contributed by atoms with Gasteiger partial charge in [0.1, 0.15) is 11.6 Å². The number of benzene rings is 1. The first-order valence-electron chi connectivity index (χ1n) is 10.8. The van der Waals surface area contributed by atoms with Crippen LogP contribution in [-0.2, 0) is 17.8 Å². The predicted octanol–water partition coefficient (Wildman–Crippen LogP) is 1.20. The van der Waals surface area contributed by atoms with E-state index in [1.54, 1.807) is 4.90 Å². The highest BCUT2D eigenvalue weighted by Crippen LogP contribution is 2.30. The standard InChI is InChI=1S/C23H31N5O/c1-4-19(18-8-6-5-7-9-18)23(29)28-11-10-21-20(16-28)22(25-17(2)24-21)27-14-12-26(3)13-15-27/h5-9,19H,4,10-16H2,1-3H3/p+1/t19-/m1/s1. The quantitative estimate of drug-likeness (QED) is 0.847. The number of nitrogens with one attached hydrogen (secondary N) is 1. The number of amides is 1. The number of piperazine rings is 1. The zero-order valence-corrected chi connectivity index (χ0v) is 17.8. The molecule has 154 valence electrons. The van der Waals surface area contributed by atoms with E-state index in [4.69, 9.17) is 9.97 Å². The lowest BCUT2D eigenvalue weighted by molar-refractivity contribution is -0.880. The van der Waals surface area contributed by atoms with Gasteiger partial charge in [0.2, 0.25) is 5.91 Å². The van der Waals surface area contributed by atoms with Crippen molar-refractivity contribution in [3.8, 4) is 0 Å². The molecule has 0 unspecified atom stereocenters. The Balaban J connectivity index is 1.59. The molecule has 2 aliphatic heterocycles. The van der Waals surface area contributed by atoms with E-state index in [0.717, 1.165) is 74.0 Å². The highest BCUT2D eigenvalue weighted by molar-refractivity contribution is 5.84. The van der Waals surface area contributed by atoms with Gasteiger partial charge in [-0.25, -0.2) is 9.97 Å². The molecule has 1 fully saturated rings. The van der Waals surface area contributed by atoms with Crippen molar-refractivity contribution in [2.24, 2.45) is 0 Å². The highest BCUT2D eigenvalue weighted by Gasteiger charge is 2.31. The second kappa shape index (κ2) is 8.49. The maximum Gasteiger partial charge on any atom is 0.230 e. The van der Waals surface area contributed by atoms with E-state index < -0.39 is 0 Å². The number of rotatable bonds is 4. The molecule has 2 aromatic rings. The lowest BCUT2D eigenvalue weighted by atomic mass is 9.93. The molecule has 1 aromatic heterocycles. The third kappa shape index (κ3) is 4.13. The lowest BCUT2D eigenvalue weighted by Crippen LogP contribution is -3.12. The van der Waals surface area contributed by atoms with Gasteiger partial charge < -0.3 is 14.7 Å². The van der Waals surface area contributed by atoms with Crippen LogP contribution in [0.4, 0.5) is 5.82 Å². The fourth-order valence-electron chi connectivity index (χ4n) is 4.53. The summed E-state index contributed by atoms with van der Waals surface area (Å²) in [5.41, 5.74) is 3.38. The van der Waals surface area contributed by atoms with Crippen molar-refractivity contribution < 1.29 is 9.69 Å². The summed E-state index contributed by atoms with van der Waals surface area (Å²) in [5, 5.41) is 0. The van der Waals surface area contributed by atoms with Crippen LogP contribution in [0.15, 0.2) is 30.3 Å². The Bertz CT molecular complexity index is 861. The van der Waals surface area contributed by atoms with Crippen LogP contribution in [0, 0.1) is 6.92 Å². The molecule has 1 saturated heterocycles. The van der Waals surface area contributed by atoms with Gasteiger partial charge in [0.15, 0.2) is 0 Å².